The van der Waals surface area contributed by atoms with Gasteiger partial charge in [-0.15, -0.1) is 0 Å². The molecule has 3 aromatic heterocycles. The zero-order chi connectivity index (χ0) is 12.4. The highest BCUT2D eigenvalue weighted by Crippen LogP contribution is 2.17. The van der Waals surface area contributed by atoms with Crippen LogP contribution in [0.2, 0.25) is 0 Å². The summed E-state index contributed by atoms with van der Waals surface area (Å²) in [6.07, 6.45) is 6.78. The highest BCUT2D eigenvalue weighted by Gasteiger charge is 2.08. The number of hydrogen-bond donors (Lipinski definition) is 2. The zero-order valence-corrected chi connectivity index (χ0v) is 9.83. The third-order valence-corrected chi connectivity index (χ3v) is 2.70. The Kier molecular flexibility index (Phi) is 2.60. The Hall–Kier alpha value is -2.50. The fourth-order valence-electron chi connectivity index (χ4n) is 1.75. The summed E-state index contributed by atoms with van der Waals surface area (Å²) in [5.74, 6) is 0.682. The van der Waals surface area contributed by atoms with Crippen molar-refractivity contribution in [2.45, 2.75) is 13.0 Å². The van der Waals surface area contributed by atoms with Gasteiger partial charge in [-0.05, 0) is 18.6 Å². The van der Waals surface area contributed by atoms with Crippen molar-refractivity contribution < 1.29 is 0 Å². The summed E-state index contributed by atoms with van der Waals surface area (Å²) in [6.45, 7) is 2.05. The van der Waals surface area contributed by atoms with Gasteiger partial charge in [-0.1, -0.05) is 6.07 Å². The van der Waals surface area contributed by atoms with Gasteiger partial charge in [0, 0.05) is 12.4 Å². The van der Waals surface area contributed by atoms with E-state index in [9.17, 15) is 0 Å². The molecule has 0 bridgehead atoms. The Bertz CT molecular complexity index is 615. The Balaban J connectivity index is 1.84. The molecule has 0 fully saturated rings. The van der Waals surface area contributed by atoms with E-state index in [2.05, 4.69) is 37.2 Å². The molecule has 0 radical (unpaired) electrons. The summed E-state index contributed by atoms with van der Waals surface area (Å²) in [6, 6.07) is 4.05. The minimum absolute atomic E-state index is 0.118. The Labute approximate surface area is 104 Å². The fraction of sp³-hybridized carbons (Fsp3) is 0.167. The molecule has 2 N–H and O–H groups in total. The maximum atomic E-state index is 4.34. The number of anilines is 1. The van der Waals surface area contributed by atoms with Crippen LogP contribution in [0.4, 0.5) is 5.95 Å². The smallest absolute Gasteiger partial charge is 0.203 e. The summed E-state index contributed by atoms with van der Waals surface area (Å²) in [4.78, 5) is 19.6. The molecule has 3 heterocycles. The standard InChI is InChI=1S/C12H12N6/c1-8(9-3-2-4-13-5-9)16-12-17-10-6-14-7-15-11(10)18-12/h2-8H,1H3,(H2,14,15,16,17,18). The number of nitrogens with one attached hydrogen (secondary N) is 2. The average Bonchev–Trinajstić information content (AvgIpc) is 2.82. The van der Waals surface area contributed by atoms with E-state index in [4.69, 9.17) is 0 Å². The summed E-state index contributed by atoms with van der Waals surface area (Å²) in [5, 5.41) is 3.27. The molecule has 90 valence electrons. The Morgan fingerprint density at radius 2 is 2.22 bits per heavy atom. The predicted molar refractivity (Wildman–Crippen MR) is 68.0 cm³/mol. The first-order valence-corrected chi connectivity index (χ1v) is 5.65. The lowest BCUT2D eigenvalue weighted by Crippen LogP contribution is -2.07. The number of imidazole rings is 1. The number of rotatable bonds is 3. The van der Waals surface area contributed by atoms with Crippen molar-refractivity contribution in [2.75, 3.05) is 5.32 Å². The maximum absolute atomic E-state index is 4.34. The lowest BCUT2D eigenvalue weighted by Gasteiger charge is -2.12. The molecule has 0 spiro atoms. The summed E-state index contributed by atoms with van der Waals surface area (Å²) in [5.41, 5.74) is 2.58. The number of aromatic nitrogens is 5. The molecule has 0 amide bonds. The summed E-state index contributed by atoms with van der Waals surface area (Å²) < 4.78 is 0. The van der Waals surface area contributed by atoms with Crippen molar-refractivity contribution in [1.82, 2.24) is 24.9 Å². The summed E-state index contributed by atoms with van der Waals surface area (Å²) >= 11 is 0. The number of nitrogens with zero attached hydrogens (tertiary/aromatic N) is 4. The van der Waals surface area contributed by atoms with Crippen LogP contribution in [0.25, 0.3) is 11.2 Å². The number of fused-ring (bicyclic) bond motifs is 1. The lowest BCUT2D eigenvalue weighted by molar-refractivity contribution is 0.860. The molecule has 3 aromatic rings. The van der Waals surface area contributed by atoms with Crippen LogP contribution in [0.5, 0.6) is 0 Å². The van der Waals surface area contributed by atoms with Gasteiger partial charge >= 0.3 is 0 Å². The minimum atomic E-state index is 0.118. The van der Waals surface area contributed by atoms with Crippen LogP contribution in [0.3, 0.4) is 0 Å². The molecule has 6 nitrogen and oxygen atoms in total. The van der Waals surface area contributed by atoms with Gasteiger partial charge in [0.1, 0.15) is 11.8 Å². The van der Waals surface area contributed by atoms with Crippen LogP contribution in [-0.2, 0) is 0 Å². The molecule has 0 aliphatic rings. The van der Waals surface area contributed by atoms with Crippen molar-refractivity contribution in [3.05, 3.63) is 42.6 Å². The molecule has 1 atom stereocenters. The highest BCUT2D eigenvalue weighted by atomic mass is 15.2. The van der Waals surface area contributed by atoms with Gasteiger partial charge in [-0.3, -0.25) is 4.98 Å². The maximum Gasteiger partial charge on any atom is 0.203 e. The second-order valence-electron chi connectivity index (χ2n) is 4.00. The third kappa shape index (κ3) is 2.00. The van der Waals surface area contributed by atoms with Gasteiger partial charge in [0.05, 0.1) is 12.2 Å². The molecule has 0 saturated heterocycles. The van der Waals surface area contributed by atoms with E-state index < -0.39 is 0 Å². The van der Waals surface area contributed by atoms with Crippen LogP contribution in [0.1, 0.15) is 18.5 Å². The van der Waals surface area contributed by atoms with Gasteiger partial charge in [-0.25, -0.2) is 9.97 Å². The largest absolute Gasteiger partial charge is 0.349 e. The van der Waals surface area contributed by atoms with Gasteiger partial charge in [0.2, 0.25) is 5.95 Å². The van der Waals surface area contributed by atoms with Crippen molar-refractivity contribution in [3.8, 4) is 0 Å². The number of hydrogen-bond acceptors (Lipinski definition) is 5. The van der Waals surface area contributed by atoms with Crippen molar-refractivity contribution in [1.29, 1.82) is 0 Å². The SMILES string of the molecule is CC(Nc1nc2ncncc2[nH]1)c1cccnc1. The zero-order valence-electron chi connectivity index (χ0n) is 9.83. The van der Waals surface area contributed by atoms with Crippen LogP contribution in [0.15, 0.2) is 37.1 Å². The molecule has 0 saturated carbocycles. The third-order valence-electron chi connectivity index (χ3n) is 2.70. The molecule has 0 aromatic carbocycles. The minimum Gasteiger partial charge on any atom is -0.349 e. The molecule has 0 aliphatic carbocycles. The number of aromatic amines is 1. The molecule has 18 heavy (non-hydrogen) atoms. The first-order valence-electron chi connectivity index (χ1n) is 5.65. The number of H-pyrrole nitrogens is 1. The lowest BCUT2D eigenvalue weighted by atomic mass is 10.1. The van der Waals surface area contributed by atoms with Crippen LogP contribution >= 0.6 is 0 Å². The first-order chi connectivity index (χ1) is 8.83. The van der Waals surface area contributed by atoms with Crippen LogP contribution in [0, 0.1) is 0 Å². The van der Waals surface area contributed by atoms with E-state index in [1.165, 1.54) is 6.33 Å². The average molecular weight is 240 g/mol. The van der Waals surface area contributed by atoms with E-state index in [0.29, 0.717) is 11.6 Å². The quantitative estimate of drug-likeness (QED) is 0.731. The fourth-order valence-corrected chi connectivity index (χ4v) is 1.75. The van der Waals surface area contributed by atoms with Gasteiger partial charge in [0.15, 0.2) is 5.65 Å². The van der Waals surface area contributed by atoms with Crippen molar-refractivity contribution >= 4 is 17.1 Å². The topological polar surface area (TPSA) is 79.4 Å². The van der Waals surface area contributed by atoms with E-state index in [0.717, 1.165) is 11.1 Å². The second kappa shape index (κ2) is 4.40. The van der Waals surface area contributed by atoms with Gasteiger partial charge in [-0.2, -0.15) is 4.98 Å². The van der Waals surface area contributed by atoms with Crippen LogP contribution < -0.4 is 5.32 Å². The molecular weight excluding hydrogens is 228 g/mol. The predicted octanol–water partition coefficient (Wildman–Crippen LogP) is 1.92. The van der Waals surface area contributed by atoms with E-state index >= 15 is 0 Å². The van der Waals surface area contributed by atoms with Gasteiger partial charge < -0.3 is 10.3 Å². The molecule has 0 aliphatic heterocycles. The van der Waals surface area contributed by atoms with E-state index in [1.54, 1.807) is 12.4 Å². The molecule has 3 rings (SSSR count). The Morgan fingerprint density at radius 3 is 3.00 bits per heavy atom. The molecular formula is C12H12N6. The van der Waals surface area contributed by atoms with Crippen molar-refractivity contribution in [3.63, 3.8) is 0 Å². The first kappa shape index (κ1) is 10.6. The number of pyridine rings is 1. The highest BCUT2D eigenvalue weighted by molar-refractivity contribution is 5.71. The molecule has 1 unspecified atom stereocenters. The normalized spacial score (nSPS) is 12.5. The molecule has 6 heteroatoms. The Morgan fingerprint density at radius 1 is 1.28 bits per heavy atom. The monoisotopic (exact) mass is 240 g/mol. The van der Waals surface area contributed by atoms with E-state index in [-0.39, 0.29) is 6.04 Å². The van der Waals surface area contributed by atoms with Crippen LogP contribution in [-0.4, -0.2) is 24.9 Å². The van der Waals surface area contributed by atoms with Gasteiger partial charge in [0.25, 0.3) is 0 Å². The van der Waals surface area contributed by atoms with Crippen molar-refractivity contribution in [2.24, 2.45) is 0 Å². The summed E-state index contributed by atoms with van der Waals surface area (Å²) in [7, 11) is 0. The van der Waals surface area contributed by atoms with E-state index in [1.807, 2.05) is 18.3 Å². The second-order valence-corrected chi connectivity index (χ2v) is 4.00.